The molecular formula is C17H25NO3. The molecule has 2 rings (SSSR count). The van der Waals surface area contributed by atoms with Gasteiger partial charge in [0.1, 0.15) is 0 Å². The normalized spacial score (nSPS) is 15.4. The third kappa shape index (κ3) is 3.31. The van der Waals surface area contributed by atoms with E-state index in [1.54, 1.807) is 14.2 Å². The van der Waals surface area contributed by atoms with Crippen LogP contribution in [-0.2, 0) is 10.2 Å². The van der Waals surface area contributed by atoms with Gasteiger partial charge in [-0.15, -0.1) is 0 Å². The summed E-state index contributed by atoms with van der Waals surface area (Å²) in [5.74, 6) is 1.52. The van der Waals surface area contributed by atoms with Crippen LogP contribution in [0.1, 0.15) is 44.6 Å². The number of unbranched alkanes of at least 4 members (excludes halogenated alkanes) is 2. The first-order valence-corrected chi connectivity index (χ1v) is 7.68. The fourth-order valence-electron chi connectivity index (χ4n) is 2.65. The average molecular weight is 291 g/mol. The van der Waals surface area contributed by atoms with Gasteiger partial charge in [0, 0.05) is 6.54 Å². The fourth-order valence-corrected chi connectivity index (χ4v) is 2.65. The van der Waals surface area contributed by atoms with Crippen molar-refractivity contribution in [2.24, 2.45) is 0 Å². The predicted molar refractivity (Wildman–Crippen MR) is 83.0 cm³/mol. The first-order chi connectivity index (χ1) is 10.2. The van der Waals surface area contributed by atoms with E-state index in [0.717, 1.165) is 44.2 Å². The van der Waals surface area contributed by atoms with Crippen LogP contribution in [0.25, 0.3) is 0 Å². The van der Waals surface area contributed by atoms with E-state index in [1.807, 2.05) is 18.2 Å². The molecule has 1 fully saturated rings. The molecule has 4 heteroatoms. The standard InChI is InChI=1S/C17H25NO3/c1-4-5-6-11-18-16(19)17(9-10-17)13-7-8-14(20-2)15(12-13)21-3/h7-8,12H,4-6,9-11H2,1-3H3,(H,18,19). The Morgan fingerprint density at radius 1 is 1.19 bits per heavy atom. The predicted octanol–water partition coefficient (Wildman–Crippen LogP) is 3.04. The maximum atomic E-state index is 12.5. The molecule has 21 heavy (non-hydrogen) atoms. The van der Waals surface area contributed by atoms with E-state index in [-0.39, 0.29) is 11.3 Å². The molecule has 0 saturated heterocycles. The van der Waals surface area contributed by atoms with Crippen LogP contribution < -0.4 is 14.8 Å². The maximum Gasteiger partial charge on any atom is 0.230 e. The summed E-state index contributed by atoms with van der Waals surface area (Å²) >= 11 is 0. The highest BCUT2D eigenvalue weighted by Gasteiger charge is 2.51. The molecule has 0 heterocycles. The topological polar surface area (TPSA) is 47.6 Å². The molecule has 0 aromatic heterocycles. The van der Waals surface area contributed by atoms with Gasteiger partial charge in [-0.25, -0.2) is 0 Å². The minimum Gasteiger partial charge on any atom is -0.493 e. The van der Waals surface area contributed by atoms with Crippen molar-refractivity contribution in [1.29, 1.82) is 0 Å². The van der Waals surface area contributed by atoms with E-state index in [1.165, 1.54) is 0 Å². The van der Waals surface area contributed by atoms with Crippen LogP contribution in [0.15, 0.2) is 18.2 Å². The van der Waals surface area contributed by atoms with Crippen molar-refractivity contribution in [3.05, 3.63) is 23.8 Å². The quantitative estimate of drug-likeness (QED) is 0.749. The summed E-state index contributed by atoms with van der Waals surface area (Å²) in [4.78, 5) is 12.5. The maximum absolute atomic E-state index is 12.5. The van der Waals surface area contributed by atoms with Gasteiger partial charge in [0.05, 0.1) is 19.6 Å². The lowest BCUT2D eigenvalue weighted by atomic mass is 9.94. The van der Waals surface area contributed by atoms with Crippen LogP contribution in [0.2, 0.25) is 0 Å². The molecule has 0 radical (unpaired) electrons. The fraction of sp³-hybridized carbons (Fsp3) is 0.588. The van der Waals surface area contributed by atoms with E-state index in [9.17, 15) is 4.79 Å². The number of hydrogen-bond donors (Lipinski definition) is 1. The van der Waals surface area contributed by atoms with Crippen molar-refractivity contribution in [1.82, 2.24) is 5.32 Å². The summed E-state index contributed by atoms with van der Waals surface area (Å²) in [5.41, 5.74) is 0.666. The molecule has 0 spiro atoms. The molecule has 1 aliphatic carbocycles. The number of carbonyl (C=O) groups is 1. The van der Waals surface area contributed by atoms with Crippen molar-refractivity contribution < 1.29 is 14.3 Å². The zero-order chi connectivity index (χ0) is 15.3. The third-order valence-electron chi connectivity index (χ3n) is 4.19. The highest BCUT2D eigenvalue weighted by atomic mass is 16.5. The SMILES string of the molecule is CCCCCNC(=O)C1(c2ccc(OC)c(OC)c2)CC1. The highest BCUT2D eigenvalue weighted by molar-refractivity contribution is 5.91. The van der Waals surface area contributed by atoms with Gasteiger partial charge >= 0.3 is 0 Å². The molecular weight excluding hydrogens is 266 g/mol. The Hall–Kier alpha value is -1.71. The Balaban J connectivity index is 2.07. The molecule has 0 bridgehead atoms. The largest absolute Gasteiger partial charge is 0.493 e. The van der Waals surface area contributed by atoms with Crippen LogP contribution in [0.5, 0.6) is 11.5 Å². The van der Waals surface area contributed by atoms with E-state index >= 15 is 0 Å². The second-order valence-corrected chi connectivity index (χ2v) is 5.61. The zero-order valence-corrected chi connectivity index (χ0v) is 13.2. The van der Waals surface area contributed by atoms with Gasteiger partial charge in [-0.05, 0) is 37.0 Å². The molecule has 0 aliphatic heterocycles. The number of ether oxygens (including phenoxy) is 2. The summed E-state index contributed by atoms with van der Waals surface area (Å²) in [7, 11) is 3.23. The summed E-state index contributed by atoms with van der Waals surface area (Å²) in [6.07, 6.45) is 5.18. The van der Waals surface area contributed by atoms with E-state index in [4.69, 9.17) is 9.47 Å². The first-order valence-electron chi connectivity index (χ1n) is 7.68. The number of amides is 1. The number of nitrogens with one attached hydrogen (secondary N) is 1. The Morgan fingerprint density at radius 3 is 2.48 bits per heavy atom. The molecule has 1 aromatic rings. The smallest absolute Gasteiger partial charge is 0.230 e. The minimum absolute atomic E-state index is 0.144. The van der Waals surface area contributed by atoms with Gasteiger partial charge in [-0.1, -0.05) is 25.8 Å². The van der Waals surface area contributed by atoms with E-state index in [0.29, 0.717) is 11.5 Å². The van der Waals surface area contributed by atoms with Crippen LogP contribution in [0.4, 0.5) is 0 Å². The number of hydrogen-bond acceptors (Lipinski definition) is 3. The second-order valence-electron chi connectivity index (χ2n) is 5.61. The molecule has 4 nitrogen and oxygen atoms in total. The van der Waals surface area contributed by atoms with Crippen LogP contribution >= 0.6 is 0 Å². The highest BCUT2D eigenvalue weighted by Crippen LogP contribution is 2.50. The third-order valence-corrected chi connectivity index (χ3v) is 4.19. The van der Waals surface area contributed by atoms with Crippen LogP contribution in [0, 0.1) is 0 Å². The zero-order valence-electron chi connectivity index (χ0n) is 13.2. The summed E-state index contributed by atoms with van der Waals surface area (Å²) in [6.45, 7) is 2.93. The summed E-state index contributed by atoms with van der Waals surface area (Å²) < 4.78 is 10.6. The second kappa shape index (κ2) is 6.83. The monoisotopic (exact) mass is 291 g/mol. The van der Waals surface area contributed by atoms with Crippen molar-refractivity contribution in [2.45, 2.75) is 44.4 Å². The number of methoxy groups -OCH3 is 2. The minimum atomic E-state index is -0.355. The van der Waals surface area contributed by atoms with Gasteiger partial charge in [0.25, 0.3) is 0 Å². The molecule has 0 atom stereocenters. The lowest BCUT2D eigenvalue weighted by Gasteiger charge is -2.17. The van der Waals surface area contributed by atoms with Gasteiger partial charge in [-0.2, -0.15) is 0 Å². The van der Waals surface area contributed by atoms with Crippen LogP contribution in [-0.4, -0.2) is 26.7 Å². The number of carbonyl (C=O) groups excluding carboxylic acids is 1. The van der Waals surface area contributed by atoms with Gasteiger partial charge < -0.3 is 14.8 Å². The molecule has 0 unspecified atom stereocenters. The molecule has 116 valence electrons. The Bertz CT molecular complexity index is 495. The molecule has 1 amide bonds. The van der Waals surface area contributed by atoms with E-state index in [2.05, 4.69) is 12.2 Å². The van der Waals surface area contributed by atoms with E-state index < -0.39 is 0 Å². The Morgan fingerprint density at radius 2 is 1.90 bits per heavy atom. The first kappa shape index (κ1) is 15.7. The number of rotatable bonds is 8. The molecule has 1 aromatic carbocycles. The summed E-state index contributed by atoms with van der Waals surface area (Å²) in [5, 5.41) is 3.07. The van der Waals surface area contributed by atoms with Crippen LogP contribution in [0.3, 0.4) is 0 Å². The van der Waals surface area contributed by atoms with Crippen molar-refractivity contribution in [3.8, 4) is 11.5 Å². The lowest BCUT2D eigenvalue weighted by molar-refractivity contribution is -0.123. The van der Waals surface area contributed by atoms with Crippen molar-refractivity contribution in [3.63, 3.8) is 0 Å². The Labute approximate surface area is 126 Å². The number of benzene rings is 1. The van der Waals surface area contributed by atoms with Gasteiger partial charge in [0.2, 0.25) is 5.91 Å². The summed E-state index contributed by atoms with van der Waals surface area (Å²) in [6, 6.07) is 5.77. The Kier molecular flexibility index (Phi) is 5.10. The average Bonchev–Trinajstić information content (AvgIpc) is 3.32. The lowest BCUT2D eigenvalue weighted by Crippen LogP contribution is -2.35. The van der Waals surface area contributed by atoms with Crippen molar-refractivity contribution >= 4 is 5.91 Å². The molecule has 1 saturated carbocycles. The van der Waals surface area contributed by atoms with Crippen molar-refractivity contribution in [2.75, 3.05) is 20.8 Å². The van der Waals surface area contributed by atoms with Gasteiger partial charge in [-0.3, -0.25) is 4.79 Å². The molecule has 1 aliphatic rings. The molecule has 1 N–H and O–H groups in total. The van der Waals surface area contributed by atoms with Gasteiger partial charge in [0.15, 0.2) is 11.5 Å².